The highest BCUT2D eigenvalue weighted by atomic mass is 19.1. The van der Waals surface area contributed by atoms with E-state index in [0.717, 1.165) is 32.4 Å². The molecule has 6 heteroatoms. The third kappa shape index (κ3) is 3.35. The summed E-state index contributed by atoms with van der Waals surface area (Å²) < 4.78 is 14.1. The fourth-order valence-electron chi connectivity index (χ4n) is 5.48. The van der Waals surface area contributed by atoms with E-state index in [-0.39, 0.29) is 23.6 Å². The summed E-state index contributed by atoms with van der Waals surface area (Å²) in [7, 11) is 2.14. The van der Waals surface area contributed by atoms with Crippen molar-refractivity contribution in [2.75, 3.05) is 26.7 Å². The summed E-state index contributed by atoms with van der Waals surface area (Å²) in [6.45, 7) is 4.11. The maximum Gasteiger partial charge on any atom is 0.254 e. The third-order valence-corrected chi connectivity index (χ3v) is 6.60. The minimum absolute atomic E-state index is 0.00201. The first kappa shape index (κ1) is 18.4. The Kier molecular flexibility index (Phi) is 4.93. The number of carbonyl (C=O) groups excluding carboxylic acids is 2. The van der Waals surface area contributed by atoms with Crippen LogP contribution in [-0.2, 0) is 4.79 Å². The second-order valence-corrected chi connectivity index (χ2v) is 8.45. The fourth-order valence-corrected chi connectivity index (χ4v) is 5.48. The summed E-state index contributed by atoms with van der Waals surface area (Å²) >= 11 is 0. The van der Waals surface area contributed by atoms with Gasteiger partial charge in [0, 0.05) is 32.1 Å². The first-order valence-electron chi connectivity index (χ1n) is 9.98. The lowest BCUT2D eigenvalue weighted by Gasteiger charge is -2.56. The lowest BCUT2D eigenvalue weighted by Crippen LogP contribution is -2.66. The molecule has 3 fully saturated rings. The van der Waals surface area contributed by atoms with Gasteiger partial charge >= 0.3 is 0 Å². The Morgan fingerprint density at radius 2 is 2.07 bits per heavy atom. The molecule has 4 rings (SSSR count). The highest BCUT2D eigenvalue weighted by molar-refractivity contribution is 5.95. The average molecular weight is 373 g/mol. The Morgan fingerprint density at radius 3 is 2.85 bits per heavy atom. The molecule has 27 heavy (non-hydrogen) atoms. The molecule has 2 bridgehead atoms. The van der Waals surface area contributed by atoms with E-state index in [1.807, 2.05) is 0 Å². The standard InChI is InChI=1S/C21H28FN3O2/c1-13-5-3-6-16(22)20(13)21(27)23-10-18-15-9-14(11-24(2)12-15)17-7-4-8-19(26)25(17)18/h3,5-6,14-15,17-18H,4,7-12H2,1-2H3,(H,23,27)/t14-,15+,17+,18+/m1/s1. The number of rotatable bonds is 3. The van der Waals surface area contributed by atoms with Crippen molar-refractivity contribution in [1.29, 1.82) is 0 Å². The number of carbonyl (C=O) groups is 2. The molecule has 0 spiro atoms. The monoisotopic (exact) mass is 373 g/mol. The number of fused-ring (bicyclic) bond motifs is 4. The van der Waals surface area contributed by atoms with Crippen LogP contribution in [0.15, 0.2) is 18.2 Å². The van der Waals surface area contributed by atoms with Gasteiger partial charge in [-0.05, 0) is 56.7 Å². The van der Waals surface area contributed by atoms with Crippen LogP contribution in [0.2, 0.25) is 0 Å². The molecule has 3 heterocycles. The highest BCUT2D eigenvalue weighted by Gasteiger charge is 2.48. The number of amides is 2. The van der Waals surface area contributed by atoms with Gasteiger partial charge in [-0.2, -0.15) is 0 Å². The summed E-state index contributed by atoms with van der Waals surface area (Å²) in [6, 6.07) is 4.94. The van der Waals surface area contributed by atoms with Crippen LogP contribution in [0.4, 0.5) is 4.39 Å². The lowest BCUT2D eigenvalue weighted by atomic mass is 9.72. The van der Waals surface area contributed by atoms with Crippen molar-refractivity contribution in [3.05, 3.63) is 35.1 Å². The molecule has 1 aromatic rings. The number of hydrogen-bond acceptors (Lipinski definition) is 3. The van der Waals surface area contributed by atoms with Gasteiger partial charge in [-0.1, -0.05) is 12.1 Å². The quantitative estimate of drug-likeness (QED) is 0.884. The van der Waals surface area contributed by atoms with Crippen LogP contribution < -0.4 is 5.32 Å². The lowest BCUT2D eigenvalue weighted by molar-refractivity contribution is -0.151. The van der Waals surface area contributed by atoms with Crippen molar-refractivity contribution >= 4 is 11.8 Å². The van der Waals surface area contributed by atoms with Gasteiger partial charge in [0.25, 0.3) is 5.91 Å². The van der Waals surface area contributed by atoms with Gasteiger partial charge in [-0.15, -0.1) is 0 Å². The van der Waals surface area contributed by atoms with Crippen molar-refractivity contribution < 1.29 is 14.0 Å². The molecule has 2 amide bonds. The fraction of sp³-hybridized carbons (Fsp3) is 0.619. The molecule has 0 saturated carbocycles. The van der Waals surface area contributed by atoms with Crippen LogP contribution in [0.3, 0.4) is 0 Å². The maximum atomic E-state index is 14.1. The zero-order chi connectivity index (χ0) is 19.1. The van der Waals surface area contributed by atoms with Crippen molar-refractivity contribution in [3.63, 3.8) is 0 Å². The van der Waals surface area contributed by atoms with Crippen LogP contribution in [0, 0.1) is 24.6 Å². The van der Waals surface area contributed by atoms with Gasteiger partial charge < -0.3 is 15.1 Å². The number of piperidine rings is 3. The number of halogens is 1. The van der Waals surface area contributed by atoms with Crippen molar-refractivity contribution in [3.8, 4) is 0 Å². The molecule has 146 valence electrons. The summed E-state index contributed by atoms with van der Waals surface area (Å²) in [4.78, 5) is 29.8. The second kappa shape index (κ2) is 7.23. The van der Waals surface area contributed by atoms with E-state index in [1.165, 1.54) is 6.07 Å². The SMILES string of the molecule is Cc1cccc(F)c1C(=O)NC[C@H]1[C@H]2C[C@H](CN(C)C2)[C@@H]2CCCC(=O)N21. The Labute approximate surface area is 159 Å². The largest absolute Gasteiger partial charge is 0.350 e. The molecule has 0 unspecified atom stereocenters. The van der Waals surface area contributed by atoms with E-state index in [0.29, 0.717) is 30.4 Å². The van der Waals surface area contributed by atoms with Gasteiger partial charge in [0.05, 0.1) is 11.6 Å². The third-order valence-electron chi connectivity index (χ3n) is 6.60. The predicted octanol–water partition coefficient (Wildman–Crippen LogP) is 2.20. The van der Waals surface area contributed by atoms with Gasteiger partial charge in [0.15, 0.2) is 0 Å². The number of nitrogens with zero attached hydrogens (tertiary/aromatic N) is 2. The van der Waals surface area contributed by atoms with Crippen molar-refractivity contribution in [2.45, 2.75) is 44.7 Å². The molecule has 1 aromatic carbocycles. The zero-order valence-corrected chi connectivity index (χ0v) is 16.1. The molecule has 4 atom stereocenters. The summed E-state index contributed by atoms with van der Waals surface area (Å²) in [5.74, 6) is 0.207. The zero-order valence-electron chi connectivity index (χ0n) is 16.1. The van der Waals surface area contributed by atoms with E-state index in [2.05, 4.69) is 22.2 Å². The first-order chi connectivity index (χ1) is 13.0. The van der Waals surface area contributed by atoms with E-state index >= 15 is 0 Å². The number of benzene rings is 1. The van der Waals surface area contributed by atoms with Gasteiger partial charge in [-0.25, -0.2) is 4.39 Å². The van der Waals surface area contributed by atoms with Crippen LogP contribution in [-0.4, -0.2) is 60.4 Å². The molecular weight excluding hydrogens is 345 g/mol. The Balaban J connectivity index is 1.54. The van der Waals surface area contributed by atoms with E-state index in [9.17, 15) is 14.0 Å². The molecule has 0 aliphatic carbocycles. The highest BCUT2D eigenvalue weighted by Crippen LogP contribution is 2.41. The molecule has 0 aromatic heterocycles. The van der Waals surface area contributed by atoms with E-state index in [4.69, 9.17) is 0 Å². The predicted molar refractivity (Wildman–Crippen MR) is 101 cm³/mol. The molecule has 3 aliphatic rings. The number of likely N-dealkylation sites (tertiary alicyclic amines) is 1. The summed E-state index contributed by atoms with van der Waals surface area (Å²) in [5.41, 5.74) is 0.731. The van der Waals surface area contributed by atoms with Crippen LogP contribution in [0.5, 0.6) is 0 Å². The van der Waals surface area contributed by atoms with E-state index in [1.54, 1.807) is 19.1 Å². The van der Waals surface area contributed by atoms with Crippen molar-refractivity contribution in [2.24, 2.45) is 11.8 Å². The minimum atomic E-state index is -0.500. The van der Waals surface area contributed by atoms with Crippen LogP contribution >= 0.6 is 0 Å². The molecule has 0 radical (unpaired) electrons. The van der Waals surface area contributed by atoms with Gasteiger partial charge in [0.2, 0.25) is 5.91 Å². The second-order valence-electron chi connectivity index (χ2n) is 8.45. The molecule has 5 nitrogen and oxygen atoms in total. The van der Waals surface area contributed by atoms with Crippen LogP contribution in [0.1, 0.15) is 41.6 Å². The number of aryl methyl sites for hydroxylation is 1. The topological polar surface area (TPSA) is 52.7 Å². The number of nitrogens with one attached hydrogen (secondary N) is 1. The molecule has 1 N–H and O–H groups in total. The summed E-state index contributed by atoms with van der Waals surface area (Å²) in [6.07, 6.45) is 3.72. The Hall–Kier alpha value is -1.95. The normalized spacial score (nSPS) is 30.8. The average Bonchev–Trinajstić information content (AvgIpc) is 2.61. The molecule has 3 saturated heterocycles. The van der Waals surface area contributed by atoms with Gasteiger partial charge in [-0.3, -0.25) is 9.59 Å². The van der Waals surface area contributed by atoms with E-state index < -0.39 is 11.7 Å². The van der Waals surface area contributed by atoms with Gasteiger partial charge in [0.1, 0.15) is 5.82 Å². The van der Waals surface area contributed by atoms with Crippen molar-refractivity contribution in [1.82, 2.24) is 15.1 Å². The first-order valence-corrected chi connectivity index (χ1v) is 9.98. The smallest absolute Gasteiger partial charge is 0.254 e. The Morgan fingerprint density at radius 1 is 1.30 bits per heavy atom. The van der Waals surface area contributed by atoms with Crippen LogP contribution in [0.25, 0.3) is 0 Å². The maximum absolute atomic E-state index is 14.1. The minimum Gasteiger partial charge on any atom is -0.350 e. The summed E-state index contributed by atoms with van der Waals surface area (Å²) in [5, 5.41) is 2.93. The Bertz CT molecular complexity index is 733. The number of hydrogen-bond donors (Lipinski definition) is 1. The molecule has 3 aliphatic heterocycles. The molecular formula is C21H28FN3O2.